The molecule has 0 amide bonds. The highest BCUT2D eigenvalue weighted by Gasteiger charge is 2.05. The van der Waals surface area contributed by atoms with Crippen molar-refractivity contribution in [2.24, 2.45) is 0 Å². The van der Waals surface area contributed by atoms with Crippen LogP contribution in [-0.4, -0.2) is 10.4 Å². The Morgan fingerprint density at radius 2 is 1.75 bits per heavy atom. The van der Waals surface area contributed by atoms with Crippen LogP contribution in [0.3, 0.4) is 0 Å². The SMILES string of the molecule is Oc1c(Cl)cc(CCBr)cc1Cl. The number of hydrogen-bond donors (Lipinski definition) is 1. The molecular formula is C8H7BrCl2O. The molecule has 0 fully saturated rings. The predicted octanol–water partition coefficient (Wildman–Crippen LogP) is 3.64. The maximum atomic E-state index is 9.22. The summed E-state index contributed by atoms with van der Waals surface area (Å²) in [6.07, 6.45) is 0.847. The van der Waals surface area contributed by atoms with E-state index in [2.05, 4.69) is 15.9 Å². The van der Waals surface area contributed by atoms with Gasteiger partial charge in [-0.3, -0.25) is 0 Å². The van der Waals surface area contributed by atoms with Gasteiger partial charge in [-0.05, 0) is 24.1 Å². The number of aromatic hydroxyl groups is 1. The van der Waals surface area contributed by atoms with E-state index < -0.39 is 0 Å². The molecule has 4 heteroatoms. The van der Waals surface area contributed by atoms with E-state index in [9.17, 15) is 5.11 Å². The molecule has 0 unspecified atom stereocenters. The van der Waals surface area contributed by atoms with E-state index in [0.717, 1.165) is 17.3 Å². The predicted molar refractivity (Wildman–Crippen MR) is 55.6 cm³/mol. The minimum Gasteiger partial charge on any atom is -0.505 e. The van der Waals surface area contributed by atoms with Gasteiger partial charge in [0.25, 0.3) is 0 Å². The van der Waals surface area contributed by atoms with Gasteiger partial charge >= 0.3 is 0 Å². The van der Waals surface area contributed by atoms with Crippen LogP contribution in [0.15, 0.2) is 12.1 Å². The average molecular weight is 270 g/mol. The van der Waals surface area contributed by atoms with Crippen molar-refractivity contribution in [2.75, 3.05) is 5.33 Å². The van der Waals surface area contributed by atoms with Crippen molar-refractivity contribution < 1.29 is 5.11 Å². The Hall–Kier alpha value is 0.0800. The molecule has 0 aliphatic carbocycles. The van der Waals surface area contributed by atoms with Crippen molar-refractivity contribution in [2.45, 2.75) is 6.42 Å². The van der Waals surface area contributed by atoms with Gasteiger partial charge in [0, 0.05) is 5.33 Å². The molecule has 1 aromatic carbocycles. The van der Waals surface area contributed by atoms with Crippen molar-refractivity contribution in [1.29, 1.82) is 0 Å². The topological polar surface area (TPSA) is 20.2 Å². The lowest BCUT2D eigenvalue weighted by atomic mass is 10.2. The second-order valence-electron chi connectivity index (χ2n) is 2.35. The Kier molecular flexibility index (Phi) is 3.69. The van der Waals surface area contributed by atoms with Gasteiger partial charge in [0.1, 0.15) is 0 Å². The normalized spacial score (nSPS) is 10.2. The monoisotopic (exact) mass is 268 g/mol. The molecular weight excluding hydrogens is 263 g/mol. The molecule has 0 bridgehead atoms. The summed E-state index contributed by atoms with van der Waals surface area (Å²) in [5.74, 6) is -0.0448. The van der Waals surface area contributed by atoms with Crippen LogP contribution in [0.2, 0.25) is 10.0 Å². The maximum Gasteiger partial charge on any atom is 0.152 e. The Bertz CT molecular complexity index is 265. The lowest BCUT2D eigenvalue weighted by Gasteiger charge is -2.03. The number of aryl methyl sites for hydroxylation is 1. The molecule has 12 heavy (non-hydrogen) atoms. The van der Waals surface area contributed by atoms with Crippen molar-refractivity contribution in [3.63, 3.8) is 0 Å². The Labute approximate surface area is 89.4 Å². The Balaban J connectivity index is 3.04. The summed E-state index contributed by atoms with van der Waals surface area (Å²) in [5, 5.41) is 10.7. The lowest BCUT2D eigenvalue weighted by molar-refractivity contribution is 0.475. The van der Waals surface area contributed by atoms with Gasteiger partial charge in [-0.15, -0.1) is 0 Å². The second kappa shape index (κ2) is 4.35. The van der Waals surface area contributed by atoms with E-state index in [4.69, 9.17) is 23.2 Å². The summed E-state index contributed by atoms with van der Waals surface area (Å²) in [5.41, 5.74) is 1.01. The van der Waals surface area contributed by atoms with Crippen LogP contribution < -0.4 is 0 Å². The van der Waals surface area contributed by atoms with E-state index in [-0.39, 0.29) is 5.75 Å². The summed E-state index contributed by atoms with van der Waals surface area (Å²) in [7, 11) is 0. The smallest absolute Gasteiger partial charge is 0.152 e. The van der Waals surface area contributed by atoms with Crippen LogP contribution in [0.25, 0.3) is 0 Å². The van der Waals surface area contributed by atoms with Gasteiger partial charge in [-0.25, -0.2) is 0 Å². The van der Waals surface area contributed by atoms with E-state index >= 15 is 0 Å². The quantitative estimate of drug-likeness (QED) is 0.813. The van der Waals surface area contributed by atoms with Crippen molar-refractivity contribution in [3.05, 3.63) is 27.7 Å². The fourth-order valence-corrected chi connectivity index (χ4v) is 1.86. The van der Waals surface area contributed by atoms with E-state index in [1.54, 1.807) is 12.1 Å². The molecule has 0 atom stereocenters. The molecule has 0 aromatic heterocycles. The molecule has 0 spiro atoms. The van der Waals surface area contributed by atoms with Crippen molar-refractivity contribution >= 4 is 39.1 Å². The molecule has 1 nitrogen and oxygen atoms in total. The van der Waals surface area contributed by atoms with Crippen LogP contribution in [0.5, 0.6) is 5.75 Å². The van der Waals surface area contributed by atoms with Gasteiger partial charge in [0.05, 0.1) is 10.0 Å². The van der Waals surface area contributed by atoms with Crippen LogP contribution >= 0.6 is 39.1 Å². The minimum absolute atomic E-state index is 0.0448. The molecule has 1 rings (SSSR count). The van der Waals surface area contributed by atoms with Crippen molar-refractivity contribution in [3.8, 4) is 5.75 Å². The van der Waals surface area contributed by atoms with Crippen LogP contribution in [0, 0.1) is 0 Å². The van der Waals surface area contributed by atoms with Crippen LogP contribution in [-0.2, 0) is 6.42 Å². The fourth-order valence-electron chi connectivity index (χ4n) is 0.871. The van der Waals surface area contributed by atoms with Crippen LogP contribution in [0.1, 0.15) is 5.56 Å². The zero-order chi connectivity index (χ0) is 9.14. The first-order valence-corrected chi connectivity index (χ1v) is 5.25. The zero-order valence-corrected chi connectivity index (χ0v) is 9.25. The standard InChI is InChI=1S/C8H7BrCl2O/c9-2-1-5-3-6(10)8(12)7(11)4-5/h3-4,12H,1-2H2. The molecule has 66 valence electrons. The summed E-state index contributed by atoms with van der Waals surface area (Å²) < 4.78 is 0. The highest BCUT2D eigenvalue weighted by molar-refractivity contribution is 9.09. The highest BCUT2D eigenvalue weighted by Crippen LogP contribution is 2.32. The van der Waals surface area contributed by atoms with Gasteiger partial charge in [-0.1, -0.05) is 39.1 Å². The maximum absolute atomic E-state index is 9.22. The summed E-state index contributed by atoms with van der Waals surface area (Å²) >= 11 is 14.7. The van der Waals surface area contributed by atoms with Gasteiger partial charge in [-0.2, -0.15) is 0 Å². The minimum atomic E-state index is -0.0448. The molecule has 0 heterocycles. The van der Waals surface area contributed by atoms with Gasteiger partial charge < -0.3 is 5.11 Å². The molecule has 0 aliphatic rings. The first kappa shape index (κ1) is 10.2. The average Bonchev–Trinajstić information content (AvgIpc) is 2.01. The summed E-state index contributed by atoms with van der Waals surface area (Å²) in [6.45, 7) is 0. The number of phenols is 1. The number of benzene rings is 1. The Morgan fingerprint density at radius 3 is 2.17 bits per heavy atom. The molecule has 1 aromatic rings. The van der Waals surface area contributed by atoms with Gasteiger partial charge in [0.2, 0.25) is 0 Å². The zero-order valence-electron chi connectivity index (χ0n) is 6.15. The fraction of sp³-hybridized carbons (Fsp3) is 0.250. The number of alkyl halides is 1. The third-order valence-corrected chi connectivity index (χ3v) is 2.43. The van der Waals surface area contributed by atoms with E-state index in [1.807, 2.05) is 0 Å². The van der Waals surface area contributed by atoms with E-state index in [1.165, 1.54) is 0 Å². The second-order valence-corrected chi connectivity index (χ2v) is 3.95. The summed E-state index contributed by atoms with van der Waals surface area (Å²) in [4.78, 5) is 0. The van der Waals surface area contributed by atoms with Crippen LogP contribution in [0.4, 0.5) is 0 Å². The molecule has 0 saturated carbocycles. The molecule has 0 saturated heterocycles. The third-order valence-electron chi connectivity index (χ3n) is 1.46. The first-order valence-electron chi connectivity index (χ1n) is 3.38. The van der Waals surface area contributed by atoms with Gasteiger partial charge in [0.15, 0.2) is 5.75 Å². The van der Waals surface area contributed by atoms with E-state index in [0.29, 0.717) is 10.0 Å². The molecule has 1 N–H and O–H groups in total. The first-order chi connectivity index (χ1) is 5.65. The number of rotatable bonds is 2. The molecule has 0 aliphatic heterocycles. The van der Waals surface area contributed by atoms with Crippen molar-refractivity contribution in [1.82, 2.24) is 0 Å². The summed E-state index contributed by atoms with van der Waals surface area (Å²) in [6, 6.07) is 3.42. The number of hydrogen-bond acceptors (Lipinski definition) is 1. The number of halogens is 3. The molecule has 0 radical (unpaired) electrons. The Morgan fingerprint density at radius 1 is 1.25 bits per heavy atom. The number of phenolic OH excluding ortho intramolecular Hbond substituents is 1. The highest BCUT2D eigenvalue weighted by atomic mass is 79.9. The largest absolute Gasteiger partial charge is 0.505 e. The third kappa shape index (κ3) is 2.28. The lowest BCUT2D eigenvalue weighted by Crippen LogP contribution is -1.85.